The summed E-state index contributed by atoms with van der Waals surface area (Å²) in [5.41, 5.74) is 0.911. The van der Waals surface area contributed by atoms with Crippen molar-refractivity contribution in [3.05, 3.63) is 43.4 Å². The van der Waals surface area contributed by atoms with Crippen molar-refractivity contribution in [3.8, 4) is 0 Å². The van der Waals surface area contributed by atoms with E-state index in [2.05, 4.69) is 25.9 Å². The number of halogens is 1. The van der Waals surface area contributed by atoms with Crippen molar-refractivity contribution < 1.29 is 0 Å². The molecule has 0 aromatic carbocycles. The highest BCUT2D eigenvalue weighted by Gasteiger charge is 2.14. The summed E-state index contributed by atoms with van der Waals surface area (Å²) in [6.45, 7) is 2.58. The zero-order chi connectivity index (χ0) is 13.2. The van der Waals surface area contributed by atoms with Gasteiger partial charge in [-0.2, -0.15) is 5.10 Å². The summed E-state index contributed by atoms with van der Waals surface area (Å²) >= 11 is 5.10. The smallest absolute Gasteiger partial charge is 0.269 e. The van der Waals surface area contributed by atoms with Crippen LogP contribution in [-0.2, 0) is 6.54 Å². The topological polar surface area (TPSA) is 38.1 Å². The Balaban J connectivity index is 1.84. The molecule has 0 saturated carbocycles. The zero-order valence-corrected chi connectivity index (χ0v) is 12.8. The van der Waals surface area contributed by atoms with Gasteiger partial charge in [0.15, 0.2) is 0 Å². The summed E-state index contributed by atoms with van der Waals surface area (Å²) in [4.78, 5) is 15.4. The molecule has 0 bridgehead atoms. The number of thiophene rings is 1. The minimum atomic E-state index is -0.0373. The molecule has 0 radical (unpaired) electrons. The van der Waals surface area contributed by atoms with Crippen molar-refractivity contribution in [1.82, 2.24) is 9.78 Å². The Morgan fingerprint density at radius 2 is 2.16 bits per heavy atom. The fourth-order valence-corrected chi connectivity index (χ4v) is 3.72. The highest BCUT2D eigenvalue weighted by Crippen LogP contribution is 2.23. The van der Waals surface area contributed by atoms with E-state index in [0.29, 0.717) is 6.54 Å². The van der Waals surface area contributed by atoms with Crippen molar-refractivity contribution in [1.29, 1.82) is 0 Å². The lowest BCUT2D eigenvalue weighted by Gasteiger charge is -2.16. The summed E-state index contributed by atoms with van der Waals surface area (Å²) in [7, 11) is 0. The van der Waals surface area contributed by atoms with E-state index in [4.69, 9.17) is 0 Å². The largest absolute Gasteiger partial charge is 0.370 e. The number of rotatable bonds is 3. The summed E-state index contributed by atoms with van der Waals surface area (Å²) < 4.78 is 2.55. The van der Waals surface area contributed by atoms with E-state index in [9.17, 15) is 4.79 Å². The molecule has 0 N–H and O–H groups in total. The molecule has 1 saturated heterocycles. The Labute approximate surface area is 123 Å². The Morgan fingerprint density at radius 3 is 2.79 bits per heavy atom. The van der Waals surface area contributed by atoms with E-state index < -0.39 is 0 Å². The van der Waals surface area contributed by atoms with Gasteiger partial charge in [-0.3, -0.25) is 4.79 Å². The van der Waals surface area contributed by atoms with Gasteiger partial charge in [0, 0.05) is 28.5 Å². The number of hydrogen-bond acceptors (Lipinski definition) is 4. The van der Waals surface area contributed by atoms with E-state index >= 15 is 0 Å². The van der Waals surface area contributed by atoms with Crippen molar-refractivity contribution in [2.24, 2.45) is 0 Å². The van der Waals surface area contributed by atoms with Gasteiger partial charge in [0.1, 0.15) is 0 Å². The first-order valence-corrected chi connectivity index (χ1v) is 7.95. The first kappa shape index (κ1) is 12.9. The molecule has 0 atom stereocenters. The molecular weight excluding hydrogens is 326 g/mol. The summed E-state index contributed by atoms with van der Waals surface area (Å²) in [6.07, 6.45) is 4.20. The van der Waals surface area contributed by atoms with E-state index in [0.717, 1.165) is 28.1 Å². The zero-order valence-electron chi connectivity index (χ0n) is 10.4. The second-order valence-electron chi connectivity index (χ2n) is 4.60. The molecule has 2 aromatic heterocycles. The first-order chi connectivity index (χ1) is 9.24. The SMILES string of the molecule is O=c1cc(N2CCCC2)cnn1Cc1sccc1Br. The van der Waals surface area contributed by atoms with Crippen LogP contribution in [0.4, 0.5) is 5.69 Å². The van der Waals surface area contributed by atoms with Crippen molar-refractivity contribution >= 4 is 33.0 Å². The van der Waals surface area contributed by atoms with Crippen LogP contribution in [0.25, 0.3) is 0 Å². The van der Waals surface area contributed by atoms with Gasteiger partial charge in [-0.15, -0.1) is 11.3 Å². The molecule has 3 heterocycles. The highest BCUT2D eigenvalue weighted by molar-refractivity contribution is 9.10. The van der Waals surface area contributed by atoms with Crippen LogP contribution in [0.2, 0.25) is 0 Å². The number of nitrogens with zero attached hydrogens (tertiary/aromatic N) is 3. The Kier molecular flexibility index (Phi) is 3.70. The number of hydrogen-bond donors (Lipinski definition) is 0. The highest BCUT2D eigenvalue weighted by atomic mass is 79.9. The van der Waals surface area contributed by atoms with Crippen LogP contribution < -0.4 is 10.5 Å². The predicted octanol–water partition coefficient (Wildman–Crippen LogP) is 2.72. The van der Waals surface area contributed by atoms with E-state index in [1.807, 2.05) is 11.4 Å². The van der Waals surface area contributed by atoms with Crippen LogP contribution in [0.5, 0.6) is 0 Å². The third kappa shape index (κ3) is 2.74. The maximum Gasteiger partial charge on any atom is 0.269 e. The van der Waals surface area contributed by atoms with Crippen molar-refractivity contribution in [2.45, 2.75) is 19.4 Å². The minimum Gasteiger partial charge on any atom is -0.370 e. The van der Waals surface area contributed by atoms with Crippen LogP contribution in [0, 0.1) is 0 Å². The molecule has 0 amide bonds. The molecule has 1 aliphatic heterocycles. The molecule has 6 heteroatoms. The molecule has 3 rings (SSSR count). The molecule has 100 valence electrons. The lowest BCUT2D eigenvalue weighted by atomic mass is 10.4. The number of aromatic nitrogens is 2. The molecule has 1 fully saturated rings. The van der Waals surface area contributed by atoms with E-state index in [-0.39, 0.29) is 5.56 Å². The van der Waals surface area contributed by atoms with Gasteiger partial charge >= 0.3 is 0 Å². The fraction of sp³-hybridized carbons (Fsp3) is 0.385. The van der Waals surface area contributed by atoms with Gasteiger partial charge in [0.2, 0.25) is 0 Å². The second kappa shape index (κ2) is 5.46. The van der Waals surface area contributed by atoms with Gasteiger partial charge in [-0.25, -0.2) is 4.68 Å². The second-order valence-corrected chi connectivity index (χ2v) is 6.45. The van der Waals surface area contributed by atoms with Crippen LogP contribution in [0.1, 0.15) is 17.7 Å². The standard InChI is InChI=1S/C13H14BrN3OS/c14-11-3-6-19-12(11)9-17-13(18)7-10(8-15-17)16-4-1-2-5-16/h3,6-8H,1-2,4-5,9H2. The maximum absolute atomic E-state index is 12.1. The van der Waals surface area contributed by atoms with Crippen molar-refractivity contribution in [2.75, 3.05) is 18.0 Å². The van der Waals surface area contributed by atoms with Gasteiger partial charge < -0.3 is 4.90 Å². The van der Waals surface area contributed by atoms with E-state index in [1.165, 1.54) is 17.5 Å². The molecule has 2 aromatic rings. The minimum absolute atomic E-state index is 0.0373. The summed E-state index contributed by atoms with van der Waals surface area (Å²) in [5.74, 6) is 0. The molecule has 19 heavy (non-hydrogen) atoms. The monoisotopic (exact) mass is 339 g/mol. The van der Waals surface area contributed by atoms with Gasteiger partial charge in [-0.1, -0.05) is 0 Å². The third-order valence-corrected chi connectivity index (χ3v) is 5.22. The Morgan fingerprint density at radius 1 is 1.37 bits per heavy atom. The van der Waals surface area contributed by atoms with Crippen LogP contribution >= 0.6 is 27.3 Å². The van der Waals surface area contributed by atoms with E-state index in [1.54, 1.807) is 23.6 Å². The summed E-state index contributed by atoms with van der Waals surface area (Å²) in [5, 5.41) is 6.29. The fourth-order valence-electron chi connectivity index (χ4n) is 2.26. The van der Waals surface area contributed by atoms with Crippen LogP contribution in [0.3, 0.4) is 0 Å². The molecule has 4 nitrogen and oxygen atoms in total. The Hall–Kier alpha value is -1.14. The van der Waals surface area contributed by atoms with Gasteiger partial charge in [0.05, 0.1) is 18.4 Å². The van der Waals surface area contributed by atoms with Gasteiger partial charge in [0.25, 0.3) is 5.56 Å². The van der Waals surface area contributed by atoms with Gasteiger partial charge in [-0.05, 0) is 40.2 Å². The quantitative estimate of drug-likeness (QED) is 0.862. The van der Waals surface area contributed by atoms with Crippen molar-refractivity contribution in [3.63, 3.8) is 0 Å². The Bertz CT molecular complexity index is 631. The van der Waals surface area contributed by atoms with Crippen LogP contribution in [-0.4, -0.2) is 22.9 Å². The first-order valence-electron chi connectivity index (χ1n) is 6.28. The molecule has 0 unspecified atom stereocenters. The lowest BCUT2D eigenvalue weighted by molar-refractivity contribution is 0.642. The lowest BCUT2D eigenvalue weighted by Crippen LogP contribution is -2.26. The molecule has 1 aliphatic rings. The molecule has 0 aliphatic carbocycles. The predicted molar refractivity (Wildman–Crippen MR) is 81.1 cm³/mol. The third-order valence-electron chi connectivity index (χ3n) is 3.31. The summed E-state index contributed by atoms with van der Waals surface area (Å²) in [6, 6.07) is 3.68. The average Bonchev–Trinajstić information content (AvgIpc) is 3.04. The molecule has 0 spiro atoms. The average molecular weight is 340 g/mol. The number of anilines is 1. The molecular formula is C13H14BrN3OS. The maximum atomic E-state index is 12.1. The van der Waals surface area contributed by atoms with Crippen LogP contribution in [0.15, 0.2) is 33.0 Å². The normalized spacial score (nSPS) is 15.1.